The maximum atomic E-state index is 12.8. The lowest BCUT2D eigenvalue weighted by Crippen LogP contribution is -2.28. The highest BCUT2D eigenvalue weighted by molar-refractivity contribution is 6.03. The summed E-state index contributed by atoms with van der Waals surface area (Å²) in [6.07, 6.45) is 0.661. The van der Waals surface area contributed by atoms with Crippen molar-refractivity contribution in [1.29, 1.82) is 0 Å². The van der Waals surface area contributed by atoms with Crippen molar-refractivity contribution in [2.24, 2.45) is 17.3 Å². The number of benzene rings is 2. The van der Waals surface area contributed by atoms with Gasteiger partial charge in [-0.05, 0) is 66.5 Å². The van der Waals surface area contributed by atoms with Gasteiger partial charge in [-0.2, -0.15) is 13.2 Å². The Hall–Kier alpha value is -2.96. The predicted octanol–water partition coefficient (Wildman–Crippen LogP) is 6.14. The van der Waals surface area contributed by atoms with Crippen LogP contribution in [0.15, 0.2) is 48.7 Å². The lowest BCUT2D eigenvalue weighted by atomic mass is 9.71. The van der Waals surface area contributed by atoms with Crippen molar-refractivity contribution in [1.82, 2.24) is 4.98 Å². The van der Waals surface area contributed by atoms with Crippen molar-refractivity contribution in [3.63, 3.8) is 0 Å². The fourth-order valence-corrected chi connectivity index (χ4v) is 5.14. The van der Waals surface area contributed by atoms with Crippen LogP contribution in [0.3, 0.4) is 0 Å². The average Bonchev–Trinajstić information content (AvgIpc) is 3.36. The van der Waals surface area contributed by atoms with Gasteiger partial charge in [0.1, 0.15) is 12.4 Å². The summed E-state index contributed by atoms with van der Waals surface area (Å²) in [7, 11) is 0. The zero-order valence-electron chi connectivity index (χ0n) is 17.1. The lowest BCUT2D eigenvalue weighted by molar-refractivity contribution is -0.137. The highest BCUT2D eigenvalue weighted by atomic mass is 19.4. The zero-order valence-corrected chi connectivity index (χ0v) is 17.1. The van der Waals surface area contributed by atoms with Gasteiger partial charge in [0.15, 0.2) is 0 Å². The second-order valence-corrected chi connectivity index (χ2v) is 9.17. The first-order chi connectivity index (χ1) is 14.7. The Morgan fingerprint density at radius 2 is 1.90 bits per heavy atom. The van der Waals surface area contributed by atoms with E-state index in [1.807, 2.05) is 12.1 Å². The molecule has 31 heavy (non-hydrogen) atoms. The van der Waals surface area contributed by atoms with Crippen LogP contribution in [0.4, 0.5) is 18.9 Å². The molecule has 3 aliphatic carbocycles. The van der Waals surface area contributed by atoms with Crippen molar-refractivity contribution >= 4 is 22.5 Å². The third-order valence-electron chi connectivity index (χ3n) is 6.73. The minimum atomic E-state index is -4.35. The molecular weight excluding hydrogens is 405 g/mol. The van der Waals surface area contributed by atoms with Gasteiger partial charge in [-0.3, -0.25) is 4.79 Å². The number of alkyl halides is 3. The summed E-state index contributed by atoms with van der Waals surface area (Å²) in [5.74, 6) is 1.23. The number of aromatic amines is 1. The zero-order chi connectivity index (χ0) is 21.8. The molecule has 0 aliphatic heterocycles. The van der Waals surface area contributed by atoms with Crippen LogP contribution in [0.1, 0.15) is 37.3 Å². The van der Waals surface area contributed by atoms with Crippen LogP contribution < -0.4 is 10.1 Å². The van der Waals surface area contributed by atoms with Gasteiger partial charge in [0, 0.05) is 23.0 Å². The number of ether oxygens (including phenoxy) is 1. The molecule has 1 atom stereocenters. The molecule has 1 unspecified atom stereocenters. The first kappa shape index (κ1) is 20.0. The Morgan fingerprint density at radius 1 is 1.16 bits per heavy atom. The molecule has 1 amide bonds. The van der Waals surface area contributed by atoms with Crippen LogP contribution in [0.25, 0.3) is 10.9 Å². The Labute approximate surface area is 177 Å². The average molecular weight is 428 g/mol. The minimum absolute atomic E-state index is 0.0724. The molecule has 3 aromatic rings. The minimum Gasteiger partial charge on any atom is -0.489 e. The highest BCUT2D eigenvalue weighted by Crippen LogP contribution is 2.61. The van der Waals surface area contributed by atoms with Crippen LogP contribution >= 0.6 is 0 Å². The number of rotatable bonds is 5. The molecule has 2 bridgehead atoms. The fourth-order valence-electron chi connectivity index (χ4n) is 5.14. The van der Waals surface area contributed by atoms with E-state index in [1.54, 1.807) is 12.3 Å². The first-order valence-corrected chi connectivity index (χ1v) is 10.4. The predicted molar refractivity (Wildman–Crippen MR) is 112 cm³/mol. The summed E-state index contributed by atoms with van der Waals surface area (Å²) in [4.78, 5) is 16.0. The molecular formula is C24H23F3N2O2. The lowest BCUT2D eigenvalue weighted by Gasteiger charge is -2.34. The van der Waals surface area contributed by atoms with Gasteiger partial charge in [0.05, 0.1) is 11.3 Å². The monoisotopic (exact) mass is 428 g/mol. The summed E-state index contributed by atoms with van der Waals surface area (Å²) >= 11 is 0. The molecule has 1 heterocycles. The third kappa shape index (κ3) is 3.77. The van der Waals surface area contributed by atoms with Gasteiger partial charge in [-0.25, -0.2) is 0 Å². The highest BCUT2D eigenvalue weighted by Gasteiger charge is 2.55. The van der Waals surface area contributed by atoms with E-state index in [4.69, 9.17) is 4.74 Å². The molecule has 3 aliphatic rings. The third-order valence-corrected chi connectivity index (χ3v) is 6.73. The Bertz CT molecular complexity index is 1130. The second-order valence-electron chi connectivity index (χ2n) is 9.17. The van der Waals surface area contributed by atoms with Gasteiger partial charge in [0.2, 0.25) is 5.91 Å². The van der Waals surface area contributed by atoms with Crippen molar-refractivity contribution in [3.8, 4) is 5.75 Å². The van der Waals surface area contributed by atoms with Crippen LogP contribution in [0.5, 0.6) is 5.75 Å². The molecule has 7 heteroatoms. The number of aromatic nitrogens is 1. The number of H-pyrrole nitrogens is 1. The quantitative estimate of drug-likeness (QED) is 0.513. The van der Waals surface area contributed by atoms with Gasteiger partial charge < -0.3 is 15.0 Å². The Kier molecular flexibility index (Phi) is 4.53. The number of fused-ring (bicyclic) bond motifs is 2. The molecule has 3 fully saturated rings. The number of hydrogen-bond acceptors (Lipinski definition) is 2. The molecule has 6 rings (SSSR count). The number of carbonyl (C=O) groups is 1. The van der Waals surface area contributed by atoms with E-state index in [1.165, 1.54) is 12.1 Å². The number of amides is 1. The molecule has 4 nitrogen and oxygen atoms in total. The van der Waals surface area contributed by atoms with E-state index in [2.05, 4.69) is 17.2 Å². The number of carbonyl (C=O) groups excluding carboxylic acids is 1. The summed E-state index contributed by atoms with van der Waals surface area (Å²) in [5, 5.41) is 3.91. The summed E-state index contributed by atoms with van der Waals surface area (Å²) in [6.45, 7) is 2.40. The molecule has 0 saturated heterocycles. The Morgan fingerprint density at radius 3 is 2.55 bits per heavy atom. The van der Waals surface area contributed by atoms with E-state index in [9.17, 15) is 18.0 Å². The van der Waals surface area contributed by atoms with Crippen molar-refractivity contribution < 1.29 is 22.7 Å². The van der Waals surface area contributed by atoms with E-state index >= 15 is 0 Å². The first-order valence-electron chi connectivity index (χ1n) is 10.4. The van der Waals surface area contributed by atoms with Crippen molar-refractivity contribution in [2.45, 2.75) is 39.0 Å². The summed E-state index contributed by atoms with van der Waals surface area (Å²) in [6, 6.07) is 10.4. The summed E-state index contributed by atoms with van der Waals surface area (Å²) < 4.78 is 43.9. The summed E-state index contributed by atoms with van der Waals surface area (Å²) in [5.41, 5.74) is 1.89. The number of anilines is 1. The van der Waals surface area contributed by atoms with Crippen molar-refractivity contribution in [2.75, 3.05) is 5.32 Å². The topological polar surface area (TPSA) is 54.1 Å². The van der Waals surface area contributed by atoms with E-state index in [0.717, 1.165) is 42.3 Å². The molecule has 0 radical (unpaired) electrons. The van der Waals surface area contributed by atoms with Gasteiger partial charge in [-0.1, -0.05) is 19.1 Å². The number of nitrogens with one attached hydrogen (secondary N) is 2. The Balaban J connectivity index is 1.27. The van der Waals surface area contributed by atoms with E-state index < -0.39 is 11.7 Å². The maximum Gasteiger partial charge on any atom is 0.416 e. The van der Waals surface area contributed by atoms with E-state index in [0.29, 0.717) is 28.3 Å². The second kappa shape index (κ2) is 7.04. The van der Waals surface area contributed by atoms with Gasteiger partial charge in [0.25, 0.3) is 0 Å². The fraction of sp³-hybridized carbons (Fsp3) is 0.375. The van der Waals surface area contributed by atoms with Crippen molar-refractivity contribution in [3.05, 3.63) is 59.8 Å². The van der Waals surface area contributed by atoms with E-state index in [-0.39, 0.29) is 18.4 Å². The van der Waals surface area contributed by atoms with Crippen LogP contribution in [0.2, 0.25) is 0 Å². The van der Waals surface area contributed by atoms with Crippen LogP contribution in [-0.2, 0) is 17.6 Å². The van der Waals surface area contributed by atoms with Gasteiger partial charge >= 0.3 is 6.18 Å². The molecule has 2 N–H and O–H groups in total. The number of hydrogen-bond donors (Lipinski definition) is 2. The number of halogens is 3. The van der Waals surface area contributed by atoms with Crippen LogP contribution in [0, 0.1) is 17.3 Å². The van der Waals surface area contributed by atoms with Crippen LogP contribution in [-0.4, -0.2) is 10.9 Å². The molecule has 162 valence electrons. The molecule has 0 spiro atoms. The SMILES string of the molecule is CC12CC(C1)C(C(=O)Nc1c[nH]c3ccc(OCc4ccc(C(F)(F)F)cc4)cc13)C2. The smallest absolute Gasteiger partial charge is 0.416 e. The standard InChI is InChI=1S/C24H23F3N2O2/c1-23-9-15(10-23)19(11-23)22(30)29-21-12-28-20-7-6-17(8-18(20)21)31-13-14-2-4-16(5-3-14)24(25,26)27/h2-8,12,15,19,28H,9-11,13H2,1H3,(H,29,30). The maximum absolute atomic E-state index is 12.8. The molecule has 1 aromatic heterocycles. The molecule has 2 aromatic carbocycles. The normalized spacial score (nSPS) is 24.8. The largest absolute Gasteiger partial charge is 0.489 e. The van der Waals surface area contributed by atoms with Gasteiger partial charge in [-0.15, -0.1) is 0 Å². The molecule has 3 saturated carbocycles.